The van der Waals surface area contributed by atoms with Gasteiger partial charge < -0.3 is 14.4 Å². The Morgan fingerprint density at radius 1 is 1.10 bits per heavy atom. The van der Waals surface area contributed by atoms with E-state index in [0.717, 1.165) is 25.9 Å². The van der Waals surface area contributed by atoms with Gasteiger partial charge in [-0.2, -0.15) is 0 Å². The highest BCUT2D eigenvalue weighted by atomic mass is 16.7. The maximum absolute atomic E-state index is 12.8. The number of ether oxygens (including phenoxy) is 2. The fraction of sp³-hybridized carbons (Fsp3) is 0.938. The largest absolute Gasteiger partial charge is 0.350 e. The number of hydrogen-bond donors (Lipinski definition) is 0. The second-order valence-electron chi connectivity index (χ2n) is 7.67. The number of nitrogens with zero attached hydrogens (tertiary/aromatic N) is 1. The first kappa shape index (κ1) is 14.3. The molecule has 1 unspecified atom stereocenters. The molecule has 0 aromatic heterocycles. The summed E-state index contributed by atoms with van der Waals surface area (Å²) >= 11 is 0. The number of piperidine rings is 1. The van der Waals surface area contributed by atoms with Crippen LogP contribution in [-0.4, -0.2) is 43.4 Å². The summed E-state index contributed by atoms with van der Waals surface area (Å²) < 4.78 is 11.2. The third-order valence-electron chi connectivity index (χ3n) is 6.07. The Morgan fingerprint density at radius 2 is 1.70 bits per heavy atom. The van der Waals surface area contributed by atoms with Gasteiger partial charge in [0.05, 0.1) is 13.2 Å². The second kappa shape index (κ2) is 4.70. The zero-order valence-electron chi connectivity index (χ0n) is 13.1. The summed E-state index contributed by atoms with van der Waals surface area (Å²) in [6, 6.07) is 0. The van der Waals surface area contributed by atoms with Crippen molar-refractivity contribution in [3.8, 4) is 0 Å². The first-order chi connectivity index (χ1) is 9.35. The van der Waals surface area contributed by atoms with Gasteiger partial charge in [-0.3, -0.25) is 4.79 Å². The van der Waals surface area contributed by atoms with Crippen LogP contribution in [0.25, 0.3) is 0 Å². The summed E-state index contributed by atoms with van der Waals surface area (Å²) in [7, 11) is 0. The summed E-state index contributed by atoms with van der Waals surface area (Å²) in [5, 5.41) is 0. The van der Waals surface area contributed by atoms with Gasteiger partial charge in [-0.05, 0) is 23.7 Å². The number of amides is 1. The Labute approximate surface area is 121 Å². The molecule has 1 aliphatic carbocycles. The van der Waals surface area contributed by atoms with Crippen molar-refractivity contribution in [1.29, 1.82) is 0 Å². The monoisotopic (exact) mass is 281 g/mol. The molecule has 2 saturated heterocycles. The van der Waals surface area contributed by atoms with Gasteiger partial charge in [-0.15, -0.1) is 0 Å². The van der Waals surface area contributed by atoms with E-state index < -0.39 is 0 Å². The molecule has 4 nitrogen and oxygen atoms in total. The molecule has 1 saturated carbocycles. The normalized spacial score (nSPS) is 33.4. The number of carbonyl (C=O) groups is 1. The molecule has 0 radical (unpaired) electrons. The van der Waals surface area contributed by atoms with Crippen molar-refractivity contribution < 1.29 is 14.3 Å². The molecule has 114 valence electrons. The maximum Gasteiger partial charge on any atom is 0.226 e. The van der Waals surface area contributed by atoms with Gasteiger partial charge in [0.1, 0.15) is 0 Å². The van der Waals surface area contributed by atoms with Gasteiger partial charge >= 0.3 is 0 Å². The van der Waals surface area contributed by atoms with Gasteiger partial charge in [-0.25, -0.2) is 0 Å². The Hall–Kier alpha value is -0.610. The minimum absolute atomic E-state index is 0.0918. The van der Waals surface area contributed by atoms with Gasteiger partial charge in [0.25, 0.3) is 0 Å². The number of likely N-dealkylation sites (tertiary alicyclic amines) is 1. The highest BCUT2D eigenvalue weighted by Gasteiger charge is 2.68. The predicted octanol–water partition coefficient (Wildman–Crippen LogP) is 2.28. The van der Waals surface area contributed by atoms with Crippen molar-refractivity contribution in [2.45, 2.75) is 46.8 Å². The lowest BCUT2D eigenvalue weighted by atomic mass is 9.96. The Bertz CT molecular complexity index is 385. The SMILES string of the molecule is CC1(C)C(C(=O)N2CCCC(C3OCCO3)C2)C1(C)C. The summed E-state index contributed by atoms with van der Waals surface area (Å²) in [5.74, 6) is 0.849. The molecule has 0 bridgehead atoms. The molecular formula is C16H27NO3. The Kier molecular flexibility index (Phi) is 3.37. The van der Waals surface area contributed by atoms with Crippen LogP contribution >= 0.6 is 0 Å². The fourth-order valence-corrected chi connectivity index (χ4v) is 4.08. The van der Waals surface area contributed by atoms with E-state index in [-0.39, 0.29) is 23.0 Å². The predicted molar refractivity (Wildman–Crippen MR) is 76.0 cm³/mol. The first-order valence-corrected chi connectivity index (χ1v) is 7.87. The second-order valence-corrected chi connectivity index (χ2v) is 7.67. The molecule has 1 atom stereocenters. The third kappa shape index (κ3) is 2.08. The van der Waals surface area contributed by atoms with Crippen molar-refractivity contribution in [2.24, 2.45) is 22.7 Å². The molecule has 2 aliphatic heterocycles. The van der Waals surface area contributed by atoms with Crippen LogP contribution in [0.3, 0.4) is 0 Å². The van der Waals surface area contributed by atoms with Gasteiger partial charge in [-0.1, -0.05) is 27.7 Å². The Balaban J connectivity index is 1.64. The van der Waals surface area contributed by atoms with Crippen molar-refractivity contribution in [3.05, 3.63) is 0 Å². The van der Waals surface area contributed by atoms with Crippen molar-refractivity contribution in [3.63, 3.8) is 0 Å². The van der Waals surface area contributed by atoms with Crippen LogP contribution in [0, 0.1) is 22.7 Å². The molecule has 20 heavy (non-hydrogen) atoms. The quantitative estimate of drug-likeness (QED) is 0.779. The highest BCUT2D eigenvalue weighted by molar-refractivity contribution is 5.84. The zero-order valence-corrected chi connectivity index (χ0v) is 13.1. The molecule has 1 amide bonds. The lowest BCUT2D eigenvalue weighted by Gasteiger charge is -2.35. The first-order valence-electron chi connectivity index (χ1n) is 7.87. The smallest absolute Gasteiger partial charge is 0.226 e. The lowest BCUT2D eigenvalue weighted by molar-refractivity contribution is -0.141. The van der Waals surface area contributed by atoms with Crippen molar-refractivity contribution in [2.75, 3.05) is 26.3 Å². The minimum atomic E-state index is -0.0918. The van der Waals surface area contributed by atoms with E-state index in [1.54, 1.807) is 0 Å². The number of hydrogen-bond acceptors (Lipinski definition) is 3. The van der Waals surface area contributed by atoms with Gasteiger partial charge in [0.15, 0.2) is 6.29 Å². The fourth-order valence-electron chi connectivity index (χ4n) is 4.08. The summed E-state index contributed by atoms with van der Waals surface area (Å²) in [6.45, 7) is 11.9. The average molecular weight is 281 g/mol. The van der Waals surface area contributed by atoms with E-state index in [1.807, 2.05) is 0 Å². The molecule has 3 fully saturated rings. The van der Waals surface area contributed by atoms with E-state index in [0.29, 0.717) is 25.0 Å². The van der Waals surface area contributed by atoms with E-state index in [4.69, 9.17) is 9.47 Å². The highest BCUT2D eigenvalue weighted by Crippen LogP contribution is 2.68. The molecule has 0 aromatic rings. The molecule has 3 rings (SSSR count). The van der Waals surface area contributed by atoms with Crippen LogP contribution in [0.2, 0.25) is 0 Å². The van der Waals surface area contributed by atoms with Crippen molar-refractivity contribution in [1.82, 2.24) is 4.90 Å². The van der Waals surface area contributed by atoms with Crippen LogP contribution < -0.4 is 0 Å². The molecule has 0 spiro atoms. The summed E-state index contributed by atoms with van der Waals surface area (Å²) in [4.78, 5) is 14.9. The van der Waals surface area contributed by atoms with Crippen LogP contribution in [0.4, 0.5) is 0 Å². The van der Waals surface area contributed by atoms with E-state index >= 15 is 0 Å². The maximum atomic E-state index is 12.8. The van der Waals surface area contributed by atoms with Crippen LogP contribution in [0.15, 0.2) is 0 Å². The summed E-state index contributed by atoms with van der Waals surface area (Å²) in [6.07, 6.45) is 2.07. The van der Waals surface area contributed by atoms with Crippen LogP contribution in [0.5, 0.6) is 0 Å². The Morgan fingerprint density at radius 3 is 2.25 bits per heavy atom. The van der Waals surface area contributed by atoms with Crippen LogP contribution in [-0.2, 0) is 14.3 Å². The van der Waals surface area contributed by atoms with E-state index in [1.165, 1.54) is 0 Å². The summed E-state index contributed by atoms with van der Waals surface area (Å²) in [5.41, 5.74) is 0.245. The number of carbonyl (C=O) groups excluding carboxylic acids is 1. The molecule has 4 heteroatoms. The van der Waals surface area contributed by atoms with E-state index in [9.17, 15) is 4.79 Å². The van der Waals surface area contributed by atoms with Gasteiger partial charge in [0.2, 0.25) is 5.91 Å². The standard InChI is InChI=1S/C16H27NO3/c1-15(2)12(16(15,3)4)13(18)17-7-5-6-11(10-17)14-19-8-9-20-14/h11-12,14H,5-10H2,1-4H3. The third-order valence-corrected chi connectivity index (χ3v) is 6.07. The van der Waals surface area contributed by atoms with E-state index in [2.05, 4.69) is 32.6 Å². The zero-order chi connectivity index (χ0) is 14.5. The van der Waals surface area contributed by atoms with Crippen molar-refractivity contribution >= 4 is 5.91 Å². The van der Waals surface area contributed by atoms with Gasteiger partial charge in [0, 0.05) is 24.9 Å². The molecular weight excluding hydrogens is 254 g/mol. The number of rotatable bonds is 2. The molecule has 0 N–H and O–H groups in total. The molecule has 2 heterocycles. The van der Waals surface area contributed by atoms with Crippen LogP contribution in [0.1, 0.15) is 40.5 Å². The molecule has 3 aliphatic rings. The lowest BCUT2D eigenvalue weighted by Crippen LogP contribution is -2.45. The molecule has 0 aromatic carbocycles. The minimum Gasteiger partial charge on any atom is -0.350 e. The topological polar surface area (TPSA) is 38.8 Å². The average Bonchev–Trinajstić information content (AvgIpc) is 2.82.